The Bertz CT molecular complexity index is 1090. The number of para-hydroxylation sites is 1. The number of rotatable bonds is 3. The molecule has 0 fully saturated rings. The fourth-order valence-electron chi connectivity index (χ4n) is 2.62. The summed E-state index contributed by atoms with van der Waals surface area (Å²) >= 11 is 4.88. The molecule has 0 atom stereocenters. The van der Waals surface area contributed by atoms with Gasteiger partial charge >= 0.3 is 0 Å². The van der Waals surface area contributed by atoms with Crippen LogP contribution in [0.25, 0.3) is 22.3 Å². The van der Waals surface area contributed by atoms with Gasteiger partial charge in [0.2, 0.25) is 5.43 Å². The molecule has 0 spiro atoms. The Morgan fingerprint density at radius 1 is 0.800 bits per heavy atom. The van der Waals surface area contributed by atoms with Crippen LogP contribution in [-0.2, 0) is 0 Å². The number of halogens is 1. The van der Waals surface area contributed by atoms with Crippen LogP contribution >= 0.6 is 27.7 Å². The number of hydrogen-bond acceptors (Lipinski definition) is 3. The average molecular weight is 409 g/mol. The predicted molar refractivity (Wildman–Crippen MR) is 106 cm³/mol. The Hall–Kier alpha value is -2.30. The Morgan fingerprint density at radius 2 is 1.48 bits per heavy atom. The Labute approximate surface area is 157 Å². The van der Waals surface area contributed by atoms with Crippen LogP contribution in [0, 0.1) is 0 Å². The van der Waals surface area contributed by atoms with Gasteiger partial charge < -0.3 is 4.42 Å². The van der Waals surface area contributed by atoms with Gasteiger partial charge in [0.1, 0.15) is 10.5 Å². The van der Waals surface area contributed by atoms with E-state index in [0.717, 1.165) is 14.9 Å². The van der Waals surface area contributed by atoms with Crippen LogP contribution in [-0.4, -0.2) is 0 Å². The molecule has 0 aliphatic heterocycles. The van der Waals surface area contributed by atoms with E-state index >= 15 is 0 Å². The van der Waals surface area contributed by atoms with Crippen molar-refractivity contribution in [2.75, 3.05) is 0 Å². The zero-order chi connectivity index (χ0) is 17.2. The molecular weight excluding hydrogens is 396 g/mol. The van der Waals surface area contributed by atoms with Crippen molar-refractivity contribution in [1.82, 2.24) is 0 Å². The maximum Gasteiger partial charge on any atom is 0.207 e. The Morgan fingerprint density at radius 3 is 2.24 bits per heavy atom. The second-order valence-electron chi connectivity index (χ2n) is 5.51. The van der Waals surface area contributed by atoms with Crippen molar-refractivity contribution in [3.8, 4) is 11.3 Å². The zero-order valence-electron chi connectivity index (χ0n) is 13.1. The summed E-state index contributed by atoms with van der Waals surface area (Å²) in [4.78, 5) is 14.7. The SMILES string of the molecule is O=c1c(Sc2ccccc2)c(-c2ccc(Br)cc2)oc2ccccc12. The first-order valence-electron chi connectivity index (χ1n) is 7.77. The van der Waals surface area contributed by atoms with Crippen LogP contribution in [0.1, 0.15) is 0 Å². The standard InChI is InChI=1S/C21H13BrO2S/c22-15-12-10-14(11-13-15)20-21(25-16-6-2-1-3-7-16)19(23)17-8-4-5-9-18(17)24-20/h1-13H. The van der Waals surface area contributed by atoms with Gasteiger partial charge in [-0.2, -0.15) is 0 Å². The molecule has 0 radical (unpaired) electrons. The third-order valence-electron chi connectivity index (χ3n) is 3.83. The molecule has 4 rings (SSSR count). The molecule has 3 aromatic carbocycles. The molecule has 0 amide bonds. The monoisotopic (exact) mass is 408 g/mol. The molecule has 1 heterocycles. The molecule has 1 aromatic heterocycles. The predicted octanol–water partition coefficient (Wildman–Crippen LogP) is 6.37. The molecule has 0 aliphatic carbocycles. The van der Waals surface area contributed by atoms with Gasteiger partial charge in [-0.3, -0.25) is 4.79 Å². The van der Waals surface area contributed by atoms with E-state index in [2.05, 4.69) is 15.9 Å². The molecule has 4 aromatic rings. The summed E-state index contributed by atoms with van der Waals surface area (Å²) in [6.07, 6.45) is 0. The molecule has 0 bridgehead atoms. The van der Waals surface area contributed by atoms with E-state index in [1.807, 2.05) is 78.9 Å². The minimum absolute atomic E-state index is 0.00591. The number of hydrogen-bond donors (Lipinski definition) is 0. The first kappa shape index (κ1) is 16.2. The normalized spacial score (nSPS) is 10.9. The smallest absolute Gasteiger partial charge is 0.207 e. The third kappa shape index (κ3) is 3.28. The quantitative estimate of drug-likeness (QED) is 0.394. The lowest BCUT2D eigenvalue weighted by Crippen LogP contribution is -2.06. The molecule has 0 unspecified atom stereocenters. The van der Waals surface area contributed by atoms with Crippen molar-refractivity contribution >= 4 is 38.7 Å². The van der Waals surface area contributed by atoms with Crippen LogP contribution in [0.15, 0.2) is 102 Å². The number of fused-ring (bicyclic) bond motifs is 1. The summed E-state index contributed by atoms with van der Waals surface area (Å²) in [7, 11) is 0. The van der Waals surface area contributed by atoms with Crippen LogP contribution in [0.2, 0.25) is 0 Å². The van der Waals surface area contributed by atoms with Crippen LogP contribution in [0.3, 0.4) is 0 Å². The second kappa shape index (κ2) is 6.90. The van der Waals surface area contributed by atoms with Crippen molar-refractivity contribution in [3.63, 3.8) is 0 Å². The lowest BCUT2D eigenvalue weighted by molar-refractivity contribution is 0.605. The molecule has 122 valence electrons. The fourth-order valence-corrected chi connectivity index (χ4v) is 3.86. The van der Waals surface area contributed by atoms with Gasteiger partial charge in [0.25, 0.3) is 0 Å². The fraction of sp³-hybridized carbons (Fsp3) is 0. The summed E-state index contributed by atoms with van der Waals surface area (Å²) < 4.78 is 7.12. The van der Waals surface area contributed by atoms with Crippen molar-refractivity contribution in [1.29, 1.82) is 0 Å². The third-order valence-corrected chi connectivity index (χ3v) is 5.44. The highest BCUT2D eigenvalue weighted by Crippen LogP contribution is 2.36. The molecular formula is C21H13BrO2S. The Balaban J connectivity index is 1.97. The van der Waals surface area contributed by atoms with Crippen molar-refractivity contribution in [2.24, 2.45) is 0 Å². The summed E-state index contributed by atoms with van der Waals surface area (Å²) in [6.45, 7) is 0. The van der Waals surface area contributed by atoms with E-state index in [0.29, 0.717) is 21.6 Å². The highest BCUT2D eigenvalue weighted by molar-refractivity contribution is 9.10. The molecule has 0 N–H and O–H groups in total. The van der Waals surface area contributed by atoms with E-state index in [1.165, 1.54) is 11.8 Å². The molecule has 0 saturated heterocycles. The van der Waals surface area contributed by atoms with Crippen molar-refractivity contribution < 1.29 is 4.42 Å². The highest BCUT2D eigenvalue weighted by Gasteiger charge is 2.17. The van der Waals surface area contributed by atoms with Gasteiger partial charge in [-0.25, -0.2) is 0 Å². The lowest BCUT2D eigenvalue weighted by atomic mass is 10.1. The van der Waals surface area contributed by atoms with Gasteiger partial charge in [0, 0.05) is 14.9 Å². The maximum atomic E-state index is 13.1. The minimum atomic E-state index is -0.00591. The largest absolute Gasteiger partial charge is 0.455 e. The van der Waals surface area contributed by atoms with Gasteiger partial charge in [-0.15, -0.1) is 0 Å². The van der Waals surface area contributed by atoms with E-state index < -0.39 is 0 Å². The van der Waals surface area contributed by atoms with Gasteiger partial charge in [0.05, 0.1) is 5.39 Å². The molecule has 4 heteroatoms. The highest BCUT2D eigenvalue weighted by atomic mass is 79.9. The van der Waals surface area contributed by atoms with Gasteiger partial charge in [0.15, 0.2) is 5.76 Å². The van der Waals surface area contributed by atoms with Crippen LogP contribution in [0.5, 0.6) is 0 Å². The first-order chi connectivity index (χ1) is 12.2. The zero-order valence-corrected chi connectivity index (χ0v) is 15.5. The Kier molecular flexibility index (Phi) is 4.47. The first-order valence-corrected chi connectivity index (χ1v) is 9.38. The topological polar surface area (TPSA) is 30.2 Å². The van der Waals surface area contributed by atoms with Crippen molar-refractivity contribution in [3.05, 3.63) is 93.6 Å². The van der Waals surface area contributed by atoms with Gasteiger partial charge in [-0.05, 0) is 36.4 Å². The van der Waals surface area contributed by atoms with E-state index in [4.69, 9.17) is 4.42 Å². The summed E-state index contributed by atoms with van der Waals surface area (Å²) in [5.41, 5.74) is 1.47. The van der Waals surface area contributed by atoms with Crippen LogP contribution in [0.4, 0.5) is 0 Å². The van der Waals surface area contributed by atoms with Crippen molar-refractivity contribution in [2.45, 2.75) is 9.79 Å². The summed E-state index contributed by atoms with van der Waals surface area (Å²) in [6, 6.07) is 25.0. The summed E-state index contributed by atoms with van der Waals surface area (Å²) in [5, 5.41) is 0.599. The molecule has 25 heavy (non-hydrogen) atoms. The van der Waals surface area contributed by atoms with E-state index in [1.54, 1.807) is 0 Å². The number of benzene rings is 3. The average Bonchev–Trinajstić information content (AvgIpc) is 2.65. The lowest BCUT2D eigenvalue weighted by Gasteiger charge is -2.10. The van der Waals surface area contributed by atoms with E-state index in [-0.39, 0.29) is 5.43 Å². The van der Waals surface area contributed by atoms with Gasteiger partial charge in [-0.1, -0.05) is 70.2 Å². The molecule has 0 aliphatic rings. The maximum absolute atomic E-state index is 13.1. The van der Waals surface area contributed by atoms with Crippen LogP contribution < -0.4 is 5.43 Å². The van der Waals surface area contributed by atoms with E-state index in [9.17, 15) is 4.79 Å². The molecule has 0 saturated carbocycles. The molecule has 2 nitrogen and oxygen atoms in total. The second-order valence-corrected chi connectivity index (χ2v) is 7.51. The summed E-state index contributed by atoms with van der Waals surface area (Å²) in [5.74, 6) is 0.602. The minimum Gasteiger partial charge on any atom is -0.455 e.